The van der Waals surface area contributed by atoms with Crippen LogP contribution in [0.2, 0.25) is 0 Å². The number of hydrogen-bond donors (Lipinski definition) is 1. The zero-order valence-corrected chi connectivity index (χ0v) is 11.5. The number of aromatic hydroxyl groups is 1. The highest BCUT2D eigenvalue weighted by Gasteiger charge is 2.34. The Morgan fingerprint density at radius 2 is 2.30 bits per heavy atom. The van der Waals surface area contributed by atoms with Crippen molar-refractivity contribution in [1.29, 1.82) is 0 Å². The third-order valence-electron chi connectivity index (χ3n) is 3.14. The molecule has 0 bridgehead atoms. The van der Waals surface area contributed by atoms with Crippen molar-refractivity contribution in [2.24, 2.45) is 0 Å². The van der Waals surface area contributed by atoms with Crippen molar-refractivity contribution in [1.82, 2.24) is 9.88 Å². The molecule has 1 fully saturated rings. The summed E-state index contributed by atoms with van der Waals surface area (Å²) in [7, 11) is -3.11. The van der Waals surface area contributed by atoms with E-state index in [9.17, 15) is 18.3 Å². The molecule has 1 aliphatic heterocycles. The topological polar surface area (TPSA) is 87.6 Å². The lowest BCUT2D eigenvalue weighted by atomic mass is 10.1. The van der Waals surface area contributed by atoms with E-state index in [1.165, 1.54) is 23.4 Å². The molecule has 106 valence electrons. The molecule has 0 saturated carbocycles. The van der Waals surface area contributed by atoms with Crippen LogP contribution >= 0.6 is 0 Å². The molecule has 1 aliphatic rings. The molecule has 20 heavy (non-hydrogen) atoms. The maximum absolute atomic E-state index is 12.4. The summed E-state index contributed by atoms with van der Waals surface area (Å²) in [6.45, 7) is 0.0225. The van der Waals surface area contributed by atoms with Crippen molar-refractivity contribution in [2.45, 2.75) is 12.5 Å². The van der Waals surface area contributed by atoms with Gasteiger partial charge in [-0.2, -0.15) is 0 Å². The van der Waals surface area contributed by atoms with E-state index in [-0.39, 0.29) is 29.4 Å². The normalized spacial score (nSPS) is 20.2. The summed E-state index contributed by atoms with van der Waals surface area (Å²) in [6.07, 6.45) is 8.15. The molecule has 1 aromatic heterocycles. The van der Waals surface area contributed by atoms with Crippen LogP contribution < -0.4 is 0 Å². The largest absolute Gasteiger partial charge is 0.506 e. The Morgan fingerprint density at radius 3 is 2.85 bits per heavy atom. The Bertz CT molecular complexity index is 663. The highest BCUT2D eigenvalue weighted by atomic mass is 32.2. The Labute approximate surface area is 117 Å². The van der Waals surface area contributed by atoms with Gasteiger partial charge in [-0.05, 0) is 12.5 Å². The summed E-state index contributed by atoms with van der Waals surface area (Å²) in [5.41, 5.74) is 0.185. The number of carbonyl (C=O) groups is 1. The molecule has 1 unspecified atom stereocenters. The van der Waals surface area contributed by atoms with Gasteiger partial charge in [-0.15, -0.1) is 6.42 Å². The zero-order valence-electron chi connectivity index (χ0n) is 10.7. The van der Waals surface area contributed by atoms with Crippen LogP contribution in [0.1, 0.15) is 16.8 Å². The maximum atomic E-state index is 12.4. The third-order valence-corrected chi connectivity index (χ3v) is 4.89. The molecule has 1 saturated heterocycles. The van der Waals surface area contributed by atoms with Gasteiger partial charge in [0.2, 0.25) is 0 Å². The number of rotatable bonds is 3. The van der Waals surface area contributed by atoms with Gasteiger partial charge in [-0.3, -0.25) is 9.78 Å². The SMILES string of the molecule is C#CCN(C(=O)c1cncc(O)c1)C1CCS(=O)(=O)C1. The molecule has 2 heterocycles. The van der Waals surface area contributed by atoms with Gasteiger partial charge in [-0.1, -0.05) is 5.92 Å². The number of aromatic nitrogens is 1. The molecule has 7 heteroatoms. The average molecular weight is 294 g/mol. The predicted molar refractivity (Wildman–Crippen MR) is 72.8 cm³/mol. The maximum Gasteiger partial charge on any atom is 0.256 e. The first-order valence-electron chi connectivity index (χ1n) is 6.02. The molecule has 2 rings (SSSR count). The molecular weight excluding hydrogens is 280 g/mol. The van der Waals surface area contributed by atoms with Gasteiger partial charge in [0.25, 0.3) is 5.91 Å². The fraction of sp³-hybridized carbons (Fsp3) is 0.385. The number of sulfone groups is 1. The van der Waals surface area contributed by atoms with Gasteiger partial charge in [0.15, 0.2) is 9.84 Å². The minimum absolute atomic E-state index is 0.0225. The average Bonchev–Trinajstić information content (AvgIpc) is 2.75. The second kappa shape index (κ2) is 5.51. The third kappa shape index (κ3) is 3.08. The van der Waals surface area contributed by atoms with Crippen LogP contribution in [0.4, 0.5) is 0 Å². The van der Waals surface area contributed by atoms with Crippen molar-refractivity contribution in [3.8, 4) is 18.1 Å². The Hall–Kier alpha value is -2.07. The Balaban J connectivity index is 2.25. The molecular formula is C13H14N2O4S. The van der Waals surface area contributed by atoms with Gasteiger partial charge in [0, 0.05) is 12.2 Å². The van der Waals surface area contributed by atoms with Gasteiger partial charge >= 0.3 is 0 Å². The number of terminal acetylenes is 1. The fourth-order valence-corrected chi connectivity index (χ4v) is 3.93. The van der Waals surface area contributed by atoms with Crippen molar-refractivity contribution in [3.63, 3.8) is 0 Å². The van der Waals surface area contributed by atoms with Gasteiger partial charge in [0.05, 0.1) is 29.8 Å². The Kier molecular flexibility index (Phi) is 3.95. The zero-order chi connectivity index (χ0) is 14.8. The lowest BCUT2D eigenvalue weighted by Crippen LogP contribution is -2.41. The van der Waals surface area contributed by atoms with Crippen LogP contribution in [0, 0.1) is 12.3 Å². The molecule has 1 N–H and O–H groups in total. The summed E-state index contributed by atoms with van der Waals surface area (Å²) in [5, 5.41) is 9.35. The summed E-state index contributed by atoms with van der Waals surface area (Å²) in [6, 6.07) is 0.855. The van der Waals surface area contributed by atoms with E-state index in [0.29, 0.717) is 6.42 Å². The van der Waals surface area contributed by atoms with E-state index in [1.807, 2.05) is 0 Å². The first-order valence-corrected chi connectivity index (χ1v) is 7.84. The molecule has 0 aliphatic carbocycles. The van der Waals surface area contributed by atoms with E-state index < -0.39 is 21.8 Å². The highest BCUT2D eigenvalue weighted by molar-refractivity contribution is 7.91. The molecule has 0 radical (unpaired) electrons. The predicted octanol–water partition coefficient (Wildman–Crippen LogP) is 0.0497. The quantitative estimate of drug-likeness (QED) is 0.796. The first kappa shape index (κ1) is 14.3. The second-order valence-electron chi connectivity index (χ2n) is 4.63. The van der Waals surface area contributed by atoms with Crippen LogP contribution in [0.15, 0.2) is 18.5 Å². The van der Waals surface area contributed by atoms with Gasteiger partial charge < -0.3 is 10.0 Å². The Morgan fingerprint density at radius 1 is 1.55 bits per heavy atom. The highest BCUT2D eigenvalue weighted by Crippen LogP contribution is 2.20. The van der Waals surface area contributed by atoms with Crippen LogP contribution in [0.25, 0.3) is 0 Å². The first-order chi connectivity index (χ1) is 9.43. The van der Waals surface area contributed by atoms with Crippen LogP contribution in [-0.2, 0) is 9.84 Å². The van der Waals surface area contributed by atoms with E-state index in [0.717, 1.165) is 0 Å². The molecule has 0 aromatic carbocycles. The minimum Gasteiger partial charge on any atom is -0.506 e. The summed E-state index contributed by atoms with van der Waals surface area (Å²) >= 11 is 0. The minimum atomic E-state index is -3.11. The number of pyridine rings is 1. The number of nitrogens with zero attached hydrogens (tertiary/aromatic N) is 2. The van der Waals surface area contributed by atoms with Crippen LogP contribution in [0.3, 0.4) is 0 Å². The second-order valence-corrected chi connectivity index (χ2v) is 6.85. The monoisotopic (exact) mass is 294 g/mol. The smallest absolute Gasteiger partial charge is 0.256 e. The van der Waals surface area contributed by atoms with Gasteiger partial charge in [0.1, 0.15) is 5.75 Å². The van der Waals surface area contributed by atoms with Gasteiger partial charge in [-0.25, -0.2) is 8.42 Å². The van der Waals surface area contributed by atoms with E-state index in [4.69, 9.17) is 6.42 Å². The lowest BCUT2D eigenvalue weighted by Gasteiger charge is -2.26. The number of amides is 1. The van der Waals surface area contributed by atoms with Crippen molar-refractivity contribution in [3.05, 3.63) is 24.0 Å². The standard InChI is InChI=1S/C13H14N2O4S/c1-2-4-15(11-3-5-20(18,19)9-11)13(17)10-6-12(16)8-14-7-10/h1,6-8,11,16H,3-5,9H2. The van der Waals surface area contributed by atoms with E-state index >= 15 is 0 Å². The molecule has 6 nitrogen and oxygen atoms in total. The van der Waals surface area contributed by atoms with E-state index in [2.05, 4.69) is 10.9 Å². The van der Waals surface area contributed by atoms with Crippen LogP contribution in [-0.4, -0.2) is 53.4 Å². The van der Waals surface area contributed by atoms with Crippen LogP contribution in [0.5, 0.6) is 5.75 Å². The molecule has 1 amide bonds. The van der Waals surface area contributed by atoms with Crippen molar-refractivity contribution >= 4 is 15.7 Å². The van der Waals surface area contributed by atoms with Crippen molar-refractivity contribution in [2.75, 3.05) is 18.1 Å². The lowest BCUT2D eigenvalue weighted by molar-refractivity contribution is 0.0723. The summed E-state index contributed by atoms with van der Waals surface area (Å²) in [5.74, 6) is 1.80. The number of hydrogen-bond acceptors (Lipinski definition) is 5. The molecule has 0 spiro atoms. The molecule has 1 atom stereocenters. The summed E-state index contributed by atoms with van der Waals surface area (Å²) < 4.78 is 23.0. The van der Waals surface area contributed by atoms with Crippen molar-refractivity contribution < 1.29 is 18.3 Å². The molecule has 1 aromatic rings. The number of carbonyl (C=O) groups excluding carboxylic acids is 1. The summed E-state index contributed by atoms with van der Waals surface area (Å²) in [4.78, 5) is 17.5. The fourth-order valence-electron chi connectivity index (χ4n) is 2.20. The van der Waals surface area contributed by atoms with E-state index in [1.54, 1.807) is 0 Å².